The Bertz CT molecular complexity index is 230. The molecule has 0 amide bonds. The summed E-state index contributed by atoms with van der Waals surface area (Å²) >= 11 is 0. The summed E-state index contributed by atoms with van der Waals surface area (Å²) in [7, 11) is 0. The minimum absolute atomic E-state index is 0.00682. The fraction of sp³-hybridized carbons (Fsp3) is 1.00. The number of aliphatic hydroxyl groups excluding tert-OH is 4. The molecular weight excluding hydrogens is 220 g/mol. The molecule has 0 spiro atoms. The standard InChI is InChI=1S/C9H16O7/c10-1-5-6(11)7(12)8(13)9(16-5)15-3-4-2-14-4/h4-13H,1-3H2. The van der Waals surface area contributed by atoms with Crippen LogP contribution in [0.4, 0.5) is 0 Å². The van der Waals surface area contributed by atoms with Crippen LogP contribution in [0.25, 0.3) is 0 Å². The lowest BCUT2D eigenvalue weighted by Crippen LogP contribution is -2.59. The Morgan fingerprint density at radius 2 is 1.81 bits per heavy atom. The van der Waals surface area contributed by atoms with E-state index in [1.165, 1.54) is 0 Å². The van der Waals surface area contributed by atoms with Crippen molar-refractivity contribution < 1.29 is 34.6 Å². The van der Waals surface area contributed by atoms with Gasteiger partial charge in [-0.05, 0) is 0 Å². The second-order valence-electron chi connectivity index (χ2n) is 3.99. The lowest BCUT2D eigenvalue weighted by atomic mass is 9.99. The van der Waals surface area contributed by atoms with Gasteiger partial charge in [0.05, 0.1) is 19.8 Å². The van der Waals surface area contributed by atoms with Crippen LogP contribution in [0.5, 0.6) is 0 Å². The highest BCUT2D eigenvalue weighted by Gasteiger charge is 2.44. The van der Waals surface area contributed by atoms with Crippen LogP contribution < -0.4 is 0 Å². The van der Waals surface area contributed by atoms with E-state index in [4.69, 9.17) is 19.3 Å². The van der Waals surface area contributed by atoms with Crippen molar-refractivity contribution in [2.45, 2.75) is 36.8 Å². The van der Waals surface area contributed by atoms with Gasteiger partial charge in [0.1, 0.15) is 30.5 Å². The summed E-state index contributed by atoms with van der Waals surface area (Å²) in [5.74, 6) is 0. The first-order chi connectivity index (χ1) is 7.63. The quantitative estimate of drug-likeness (QED) is 0.390. The van der Waals surface area contributed by atoms with Crippen LogP contribution in [0, 0.1) is 0 Å². The van der Waals surface area contributed by atoms with E-state index in [2.05, 4.69) is 0 Å². The van der Waals surface area contributed by atoms with Gasteiger partial charge >= 0.3 is 0 Å². The minimum atomic E-state index is -1.39. The number of hydrogen-bond donors (Lipinski definition) is 4. The molecule has 0 radical (unpaired) electrons. The molecule has 2 aliphatic rings. The highest BCUT2D eigenvalue weighted by molar-refractivity contribution is 4.89. The highest BCUT2D eigenvalue weighted by Crippen LogP contribution is 2.23. The maximum atomic E-state index is 9.57. The van der Waals surface area contributed by atoms with Crippen LogP contribution in [-0.4, -0.2) is 77.1 Å². The van der Waals surface area contributed by atoms with Gasteiger partial charge in [0, 0.05) is 0 Å². The minimum Gasteiger partial charge on any atom is -0.394 e. The number of rotatable bonds is 4. The molecule has 94 valence electrons. The van der Waals surface area contributed by atoms with Crippen molar-refractivity contribution in [2.24, 2.45) is 0 Å². The van der Waals surface area contributed by atoms with E-state index in [1.807, 2.05) is 0 Å². The van der Waals surface area contributed by atoms with Crippen molar-refractivity contribution in [3.63, 3.8) is 0 Å². The zero-order chi connectivity index (χ0) is 11.7. The van der Waals surface area contributed by atoms with Gasteiger partial charge < -0.3 is 34.6 Å². The summed E-state index contributed by atoms with van der Waals surface area (Å²) in [6, 6.07) is 0. The molecule has 0 aromatic heterocycles. The number of ether oxygens (including phenoxy) is 3. The largest absolute Gasteiger partial charge is 0.394 e. The van der Waals surface area contributed by atoms with E-state index in [0.717, 1.165) is 0 Å². The van der Waals surface area contributed by atoms with Crippen molar-refractivity contribution in [1.82, 2.24) is 0 Å². The van der Waals surface area contributed by atoms with Gasteiger partial charge in [0.25, 0.3) is 0 Å². The predicted molar refractivity (Wildman–Crippen MR) is 49.5 cm³/mol. The van der Waals surface area contributed by atoms with Crippen LogP contribution in [0.2, 0.25) is 0 Å². The first-order valence-corrected chi connectivity index (χ1v) is 5.17. The molecule has 4 N–H and O–H groups in total. The second kappa shape index (κ2) is 4.92. The van der Waals surface area contributed by atoms with Crippen LogP contribution >= 0.6 is 0 Å². The third-order valence-corrected chi connectivity index (χ3v) is 2.70. The number of epoxide rings is 1. The maximum Gasteiger partial charge on any atom is 0.186 e. The van der Waals surface area contributed by atoms with E-state index >= 15 is 0 Å². The third-order valence-electron chi connectivity index (χ3n) is 2.70. The van der Waals surface area contributed by atoms with Gasteiger partial charge in [-0.2, -0.15) is 0 Å². The Kier molecular flexibility index (Phi) is 3.75. The first kappa shape index (κ1) is 12.2. The molecular formula is C9H16O7. The molecule has 7 nitrogen and oxygen atoms in total. The van der Waals surface area contributed by atoms with Crippen LogP contribution in [0.15, 0.2) is 0 Å². The molecule has 2 heterocycles. The third kappa shape index (κ3) is 2.51. The number of hydrogen-bond acceptors (Lipinski definition) is 7. The topological polar surface area (TPSA) is 112 Å². The van der Waals surface area contributed by atoms with E-state index in [0.29, 0.717) is 6.61 Å². The molecule has 0 saturated carbocycles. The molecule has 6 atom stereocenters. The Morgan fingerprint density at radius 1 is 1.12 bits per heavy atom. The summed E-state index contributed by atoms with van der Waals surface area (Å²) in [6.45, 7) is 0.408. The molecule has 6 unspecified atom stereocenters. The summed E-state index contributed by atoms with van der Waals surface area (Å²) in [5.41, 5.74) is 0. The van der Waals surface area contributed by atoms with E-state index in [1.54, 1.807) is 0 Å². The van der Waals surface area contributed by atoms with Gasteiger partial charge in [0.2, 0.25) is 0 Å². The fourth-order valence-electron chi connectivity index (χ4n) is 1.57. The zero-order valence-corrected chi connectivity index (χ0v) is 8.60. The van der Waals surface area contributed by atoms with Crippen LogP contribution in [-0.2, 0) is 14.2 Å². The average Bonchev–Trinajstić information content (AvgIpc) is 3.09. The summed E-state index contributed by atoms with van der Waals surface area (Å²) < 4.78 is 15.2. The Morgan fingerprint density at radius 3 is 2.38 bits per heavy atom. The normalized spacial score (nSPS) is 48.0. The molecule has 0 aliphatic carbocycles. The summed E-state index contributed by atoms with van der Waals surface area (Å²) in [5, 5.41) is 37.4. The Hall–Kier alpha value is -0.280. The zero-order valence-electron chi connectivity index (χ0n) is 8.60. The molecule has 0 aromatic rings. The lowest BCUT2D eigenvalue weighted by Gasteiger charge is -2.39. The van der Waals surface area contributed by atoms with Crippen molar-refractivity contribution in [2.75, 3.05) is 19.8 Å². The number of aliphatic hydroxyl groups is 4. The average molecular weight is 236 g/mol. The van der Waals surface area contributed by atoms with Gasteiger partial charge in [-0.25, -0.2) is 0 Å². The van der Waals surface area contributed by atoms with Gasteiger partial charge in [-0.3, -0.25) is 0 Å². The van der Waals surface area contributed by atoms with Crippen molar-refractivity contribution in [3.8, 4) is 0 Å². The molecule has 2 aliphatic heterocycles. The smallest absolute Gasteiger partial charge is 0.186 e. The van der Waals surface area contributed by atoms with E-state index in [-0.39, 0.29) is 12.7 Å². The maximum absolute atomic E-state index is 9.57. The molecule has 16 heavy (non-hydrogen) atoms. The van der Waals surface area contributed by atoms with Crippen LogP contribution in [0.3, 0.4) is 0 Å². The molecule has 0 bridgehead atoms. The van der Waals surface area contributed by atoms with E-state index < -0.39 is 37.3 Å². The molecule has 2 saturated heterocycles. The predicted octanol–water partition coefficient (Wildman–Crippen LogP) is -2.80. The Balaban J connectivity index is 1.89. The second-order valence-corrected chi connectivity index (χ2v) is 3.99. The lowest BCUT2D eigenvalue weighted by molar-refractivity contribution is -0.301. The van der Waals surface area contributed by atoms with Crippen molar-refractivity contribution in [1.29, 1.82) is 0 Å². The molecule has 2 rings (SSSR count). The molecule has 2 fully saturated rings. The van der Waals surface area contributed by atoms with E-state index in [9.17, 15) is 15.3 Å². The van der Waals surface area contributed by atoms with Gasteiger partial charge in [0.15, 0.2) is 6.29 Å². The van der Waals surface area contributed by atoms with Crippen molar-refractivity contribution in [3.05, 3.63) is 0 Å². The Labute approximate surface area is 92.2 Å². The SMILES string of the molecule is OCC1OC(OCC2CO2)C(O)C(O)C1O. The van der Waals surface area contributed by atoms with Gasteiger partial charge in [-0.1, -0.05) is 0 Å². The summed E-state index contributed by atoms with van der Waals surface area (Å²) in [4.78, 5) is 0. The van der Waals surface area contributed by atoms with Crippen molar-refractivity contribution >= 4 is 0 Å². The highest BCUT2D eigenvalue weighted by atomic mass is 16.7. The molecule has 7 heteroatoms. The molecule has 0 aromatic carbocycles. The monoisotopic (exact) mass is 236 g/mol. The van der Waals surface area contributed by atoms with Crippen LogP contribution in [0.1, 0.15) is 0 Å². The van der Waals surface area contributed by atoms with Gasteiger partial charge in [-0.15, -0.1) is 0 Å². The fourth-order valence-corrected chi connectivity index (χ4v) is 1.57. The first-order valence-electron chi connectivity index (χ1n) is 5.17. The summed E-state index contributed by atoms with van der Waals surface area (Å²) in [6.07, 6.45) is -6.06.